The summed E-state index contributed by atoms with van der Waals surface area (Å²) in [6, 6.07) is 5.94. The second-order valence-electron chi connectivity index (χ2n) is 6.54. The van der Waals surface area contributed by atoms with E-state index in [9.17, 15) is 9.18 Å². The fourth-order valence-electron chi connectivity index (χ4n) is 3.24. The minimum atomic E-state index is -0.321. The molecule has 0 amide bonds. The summed E-state index contributed by atoms with van der Waals surface area (Å²) in [5.41, 5.74) is 1.55. The molecule has 10 heteroatoms. The fraction of sp³-hybridized carbons (Fsp3) is 0.389. The first-order valence-electron chi connectivity index (χ1n) is 9.16. The molecule has 1 unspecified atom stereocenters. The molecule has 0 radical (unpaired) electrons. The van der Waals surface area contributed by atoms with Gasteiger partial charge in [0.25, 0.3) is 0 Å². The van der Waals surface area contributed by atoms with Gasteiger partial charge in [0.05, 0.1) is 12.5 Å². The summed E-state index contributed by atoms with van der Waals surface area (Å²) in [4.78, 5) is 23.1. The van der Waals surface area contributed by atoms with Crippen LogP contribution >= 0.6 is 0 Å². The number of anilines is 3. The lowest BCUT2D eigenvalue weighted by atomic mass is 9.98. The molecule has 28 heavy (non-hydrogen) atoms. The Kier molecular flexibility index (Phi) is 5.00. The molecular weight excluding hydrogens is 365 g/mol. The van der Waals surface area contributed by atoms with Crippen molar-refractivity contribution >= 4 is 34.6 Å². The Labute approximate surface area is 160 Å². The largest absolute Gasteiger partial charge is 0.466 e. The number of nitrogens with one attached hydrogen (secondary N) is 2. The van der Waals surface area contributed by atoms with Gasteiger partial charge in [-0.15, -0.1) is 5.10 Å². The highest BCUT2D eigenvalue weighted by molar-refractivity contribution is 5.85. The highest BCUT2D eigenvalue weighted by atomic mass is 19.1. The summed E-state index contributed by atoms with van der Waals surface area (Å²) in [6.07, 6.45) is 1.62. The number of rotatable bonds is 5. The highest BCUT2D eigenvalue weighted by Crippen LogP contribution is 2.27. The van der Waals surface area contributed by atoms with Crippen LogP contribution in [0, 0.1) is 11.7 Å². The highest BCUT2D eigenvalue weighted by Gasteiger charge is 2.29. The van der Waals surface area contributed by atoms with Gasteiger partial charge in [-0.05, 0) is 44.0 Å². The average molecular weight is 385 g/mol. The maximum absolute atomic E-state index is 13.2. The van der Waals surface area contributed by atoms with Gasteiger partial charge in [-0.1, -0.05) is 0 Å². The first kappa shape index (κ1) is 18.1. The van der Waals surface area contributed by atoms with Gasteiger partial charge in [0, 0.05) is 18.8 Å². The molecule has 3 aromatic rings. The number of aromatic amines is 1. The van der Waals surface area contributed by atoms with E-state index in [1.165, 1.54) is 12.1 Å². The van der Waals surface area contributed by atoms with Crippen LogP contribution < -0.4 is 10.2 Å². The van der Waals surface area contributed by atoms with Crippen molar-refractivity contribution in [1.29, 1.82) is 0 Å². The molecule has 146 valence electrons. The number of nitrogens with zero attached hydrogens (tertiary/aromatic N) is 5. The Balaban J connectivity index is 1.62. The zero-order valence-corrected chi connectivity index (χ0v) is 15.4. The Morgan fingerprint density at radius 1 is 1.32 bits per heavy atom. The predicted octanol–water partition coefficient (Wildman–Crippen LogP) is 2.41. The summed E-state index contributed by atoms with van der Waals surface area (Å²) < 4.78 is 18.3. The fourth-order valence-corrected chi connectivity index (χ4v) is 3.24. The van der Waals surface area contributed by atoms with Crippen molar-refractivity contribution in [3.63, 3.8) is 0 Å². The van der Waals surface area contributed by atoms with Crippen LogP contribution in [-0.4, -0.2) is 51.0 Å². The van der Waals surface area contributed by atoms with E-state index in [4.69, 9.17) is 4.74 Å². The maximum Gasteiger partial charge on any atom is 0.310 e. The number of benzene rings is 1. The molecule has 9 nitrogen and oxygen atoms in total. The van der Waals surface area contributed by atoms with E-state index in [-0.39, 0.29) is 17.7 Å². The molecule has 0 bridgehead atoms. The standard InChI is InChI=1S/C18H20FN7O2/c1-2-28-17(27)11-4-3-9-26(10-11)18-21-15(14-16(22-18)24-25-23-14)20-13-7-5-12(19)6-8-13/h5-8,11H,2-4,9-10H2,1H3,(H2,20,21,22,23,24,25). The Hall–Kier alpha value is -3.30. The van der Waals surface area contributed by atoms with Crippen LogP contribution in [0.3, 0.4) is 0 Å². The van der Waals surface area contributed by atoms with E-state index in [1.807, 2.05) is 4.90 Å². The molecule has 1 aliphatic heterocycles. The Morgan fingerprint density at radius 3 is 2.93 bits per heavy atom. The summed E-state index contributed by atoms with van der Waals surface area (Å²) in [7, 11) is 0. The molecule has 3 heterocycles. The van der Waals surface area contributed by atoms with Gasteiger partial charge in [-0.3, -0.25) is 4.79 Å². The van der Waals surface area contributed by atoms with E-state index in [1.54, 1.807) is 19.1 Å². The number of carbonyl (C=O) groups excluding carboxylic acids is 1. The zero-order valence-electron chi connectivity index (χ0n) is 15.4. The lowest BCUT2D eigenvalue weighted by Gasteiger charge is -2.31. The minimum Gasteiger partial charge on any atom is -0.466 e. The molecule has 1 aliphatic rings. The predicted molar refractivity (Wildman–Crippen MR) is 101 cm³/mol. The maximum atomic E-state index is 13.2. The first-order chi connectivity index (χ1) is 13.6. The van der Waals surface area contributed by atoms with Gasteiger partial charge in [-0.2, -0.15) is 20.3 Å². The van der Waals surface area contributed by atoms with Crippen molar-refractivity contribution in [3.8, 4) is 0 Å². The summed E-state index contributed by atoms with van der Waals surface area (Å²) in [5, 5.41) is 13.9. The Morgan fingerprint density at radius 2 is 2.14 bits per heavy atom. The van der Waals surface area contributed by atoms with Crippen LogP contribution in [0.25, 0.3) is 11.2 Å². The SMILES string of the molecule is CCOC(=O)C1CCCN(c2nc(Nc3ccc(F)cc3)c3n[nH]nc3n2)C1. The van der Waals surface area contributed by atoms with Crippen molar-refractivity contribution in [2.45, 2.75) is 19.8 Å². The monoisotopic (exact) mass is 385 g/mol. The van der Waals surface area contributed by atoms with Crippen molar-refractivity contribution in [3.05, 3.63) is 30.1 Å². The van der Waals surface area contributed by atoms with Crippen molar-refractivity contribution in [2.24, 2.45) is 5.92 Å². The van der Waals surface area contributed by atoms with Crippen LogP contribution in [0.2, 0.25) is 0 Å². The second kappa shape index (κ2) is 7.75. The van der Waals surface area contributed by atoms with Gasteiger partial charge >= 0.3 is 5.97 Å². The number of aromatic nitrogens is 5. The van der Waals surface area contributed by atoms with Crippen LogP contribution in [0.4, 0.5) is 21.8 Å². The number of fused-ring (bicyclic) bond motifs is 1. The normalized spacial score (nSPS) is 16.9. The van der Waals surface area contributed by atoms with Gasteiger partial charge in [0.2, 0.25) is 11.6 Å². The Bertz CT molecular complexity index is 976. The smallest absolute Gasteiger partial charge is 0.310 e. The van der Waals surface area contributed by atoms with Crippen LogP contribution in [0.5, 0.6) is 0 Å². The van der Waals surface area contributed by atoms with E-state index in [0.717, 1.165) is 19.4 Å². The van der Waals surface area contributed by atoms with Gasteiger partial charge in [0.1, 0.15) is 5.82 Å². The topological polar surface area (TPSA) is 109 Å². The number of hydrogen-bond acceptors (Lipinski definition) is 8. The zero-order chi connectivity index (χ0) is 19.5. The second-order valence-corrected chi connectivity index (χ2v) is 6.54. The number of ether oxygens (including phenoxy) is 1. The molecule has 4 rings (SSSR count). The molecule has 1 saturated heterocycles. The third-order valence-corrected chi connectivity index (χ3v) is 4.60. The quantitative estimate of drug-likeness (QED) is 0.645. The van der Waals surface area contributed by atoms with Crippen LogP contribution in [0.1, 0.15) is 19.8 Å². The molecule has 1 fully saturated rings. The van der Waals surface area contributed by atoms with Crippen LogP contribution in [0.15, 0.2) is 24.3 Å². The number of piperidine rings is 1. The number of halogens is 1. The molecule has 1 aromatic carbocycles. The first-order valence-corrected chi connectivity index (χ1v) is 9.16. The molecule has 0 spiro atoms. The molecule has 2 N–H and O–H groups in total. The van der Waals surface area contributed by atoms with E-state index >= 15 is 0 Å². The van der Waals surface area contributed by atoms with Gasteiger partial charge in [-0.25, -0.2) is 4.39 Å². The third-order valence-electron chi connectivity index (χ3n) is 4.60. The summed E-state index contributed by atoms with van der Waals surface area (Å²) >= 11 is 0. The van der Waals surface area contributed by atoms with E-state index in [2.05, 4.69) is 30.7 Å². The summed E-state index contributed by atoms with van der Waals surface area (Å²) in [6.45, 7) is 3.38. The van der Waals surface area contributed by atoms with E-state index in [0.29, 0.717) is 41.8 Å². The lowest BCUT2D eigenvalue weighted by Crippen LogP contribution is -2.40. The number of esters is 1. The molecule has 0 saturated carbocycles. The van der Waals surface area contributed by atoms with E-state index < -0.39 is 0 Å². The average Bonchev–Trinajstić information content (AvgIpc) is 3.19. The van der Waals surface area contributed by atoms with Crippen molar-refractivity contribution < 1.29 is 13.9 Å². The number of hydrogen-bond donors (Lipinski definition) is 2. The lowest BCUT2D eigenvalue weighted by molar-refractivity contribution is -0.148. The molecule has 0 aliphatic carbocycles. The third kappa shape index (κ3) is 3.71. The molecule has 1 atom stereocenters. The number of carbonyl (C=O) groups is 1. The van der Waals surface area contributed by atoms with Crippen molar-refractivity contribution in [1.82, 2.24) is 25.4 Å². The molecular formula is C18H20FN7O2. The van der Waals surface area contributed by atoms with Crippen LogP contribution in [-0.2, 0) is 9.53 Å². The number of H-pyrrole nitrogens is 1. The van der Waals surface area contributed by atoms with Gasteiger partial charge in [0.15, 0.2) is 11.3 Å². The van der Waals surface area contributed by atoms with Gasteiger partial charge < -0.3 is 15.0 Å². The minimum absolute atomic E-state index is 0.195. The summed E-state index contributed by atoms with van der Waals surface area (Å²) in [5.74, 6) is 0.190. The molecule has 2 aromatic heterocycles. The van der Waals surface area contributed by atoms with Crippen molar-refractivity contribution in [2.75, 3.05) is 29.9 Å².